The molecule has 0 aliphatic rings. The molecular weight excluding hydrogens is 704 g/mol. The van der Waals surface area contributed by atoms with Crippen LogP contribution in [0.5, 0.6) is 0 Å². The van der Waals surface area contributed by atoms with Crippen molar-refractivity contribution in [3.05, 3.63) is 38.0 Å². The van der Waals surface area contributed by atoms with Gasteiger partial charge in [-0.15, -0.1) is 0 Å². The SMILES string of the molecule is C=CCOC(=O)CCC(NC(=O)NC(CCCCN)C(=O)OCC=C)C(=O)OCC=C.NCCCCC(NC(=O)NC(CCC(=O)O)C(=O)O)C(=O)O. The summed E-state index contributed by atoms with van der Waals surface area (Å²) in [5, 5.41) is 35.5. The van der Waals surface area contributed by atoms with Crippen molar-refractivity contribution in [2.45, 2.75) is 88.4 Å². The van der Waals surface area contributed by atoms with Crippen LogP contribution in [-0.4, -0.2) is 120 Å². The predicted octanol–water partition coefficient (Wildman–Crippen LogP) is 0.305. The number of carbonyl (C=O) groups excluding carboxylic acids is 5. The molecule has 0 rings (SSSR count). The highest BCUT2D eigenvalue weighted by molar-refractivity contribution is 5.88. The number of urea groups is 2. The normalized spacial score (nSPS) is 12.3. The molecule has 0 spiro atoms. The number of carboxylic acids is 3. The van der Waals surface area contributed by atoms with E-state index < -0.39 is 78.5 Å². The standard InChI is InChI=1S/C21H33N3O7.C12H21N3O7/c1-4-13-29-18(25)11-10-17(20(27)31-15-6-3)24-21(28)23-16(9-7-8-12-22)19(26)30-14-5-2;13-6-2-1-3-7(10(18)19)14-12(22)15-8(11(20)21)4-5-9(16)17/h4-6,16-17H,1-3,7-15,22H2,(H2,23,24,28);7-8H,1-6,13H2,(H,16,17)(H,18,19)(H,20,21)(H2,14,15,22). The molecule has 11 N–H and O–H groups in total. The number of nitrogens with two attached hydrogens (primary N) is 2. The average Bonchev–Trinajstić information content (AvgIpc) is 3.11. The minimum Gasteiger partial charge on any atom is -0.481 e. The largest absolute Gasteiger partial charge is 0.481 e. The Balaban J connectivity index is 0. The van der Waals surface area contributed by atoms with Crippen LogP contribution in [0.2, 0.25) is 0 Å². The van der Waals surface area contributed by atoms with E-state index in [1.165, 1.54) is 18.2 Å². The van der Waals surface area contributed by atoms with Gasteiger partial charge in [-0.05, 0) is 64.5 Å². The Hall–Kier alpha value is -5.50. The van der Waals surface area contributed by atoms with Gasteiger partial charge >= 0.3 is 47.9 Å². The Bertz CT molecular complexity index is 1210. The Morgan fingerprint density at radius 2 is 0.887 bits per heavy atom. The molecule has 0 saturated heterocycles. The Kier molecular flexibility index (Phi) is 29.3. The Labute approximate surface area is 307 Å². The molecular formula is C33H54N6O14. The smallest absolute Gasteiger partial charge is 0.329 e. The number of hydrogen-bond acceptors (Lipinski definition) is 13. The summed E-state index contributed by atoms with van der Waals surface area (Å²) in [5.74, 6) is -5.78. The first kappa shape index (κ1) is 49.6. The summed E-state index contributed by atoms with van der Waals surface area (Å²) in [5.41, 5.74) is 10.8. The summed E-state index contributed by atoms with van der Waals surface area (Å²) in [6.45, 7) is 11.2. The second kappa shape index (κ2) is 31.3. The van der Waals surface area contributed by atoms with Crippen molar-refractivity contribution in [1.29, 1.82) is 0 Å². The van der Waals surface area contributed by atoms with Crippen LogP contribution in [0.1, 0.15) is 64.2 Å². The van der Waals surface area contributed by atoms with Crippen LogP contribution in [0.25, 0.3) is 0 Å². The number of nitrogens with one attached hydrogen (secondary N) is 4. The van der Waals surface area contributed by atoms with Crippen LogP contribution in [0.15, 0.2) is 38.0 Å². The molecule has 0 radical (unpaired) electrons. The molecule has 4 unspecified atom stereocenters. The number of amides is 4. The second-order valence-corrected chi connectivity index (χ2v) is 11.0. The highest BCUT2D eigenvalue weighted by Gasteiger charge is 2.27. The van der Waals surface area contributed by atoms with Crippen LogP contribution in [0, 0.1) is 0 Å². The number of aliphatic carboxylic acids is 3. The van der Waals surface area contributed by atoms with Crippen molar-refractivity contribution >= 4 is 47.9 Å². The van der Waals surface area contributed by atoms with E-state index in [9.17, 15) is 38.4 Å². The minimum absolute atomic E-state index is 0.00115. The van der Waals surface area contributed by atoms with Crippen molar-refractivity contribution in [1.82, 2.24) is 21.3 Å². The lowest BCUT2D eigenvalue weighted by Crippen LogP contribution is -2.52. The van der Waals surface area contributed by atoms with E-state index in [2.05, 4.69) is 35.7 Å². The van der Waals surface area contributed by atoms with Gasteiger partial charge in [-0.3, -0.25) is 9.59 Å². The lowest BCUT2D eigenvalue weighted by atomic mass is 10.1. The van der Waals surface area contributed by atoms with E-state index in [1.54, 1.807) is 0 Å². The highest BCUT2D eigenvalue weighted by Crippen LogP contribution is 2.06. The van der Waals surface area contributed by atoms with E-state index in [1.807, 2.05) is 5.32 Å². The van der Waals surface area contributed by atoms with Crippen LogP contribution >= 0.6 is 0 Å². The molecule has 0 bridgehead atoms. The Morgan fingerprint density at radius 1 is 0.528 bits per heavy atom. The molecule has 0 aliphatic heterocycles. The van der Waals surface area contributed by atoms with E-state index in [4.69, 9.17) is 41.0 Å². The van der Waals surface area contributed by atoms with E-state index >= 15 is 0 Å². The molecule has 20 nitrogen and oxygen atoms in total. The molecule has 53 heavy (non-hydrogen) atoms. The quantitative estimate of drug-likeness (QED) is 0.0224. The van der Waals surface area contributed by atoms with Crippen molar-refractivity contribution in [2.75, 3.05) is 32.9 Å². The molecule has 300 valence electrons. The van der Waals surface area contributed by atoms with Gasteiger partial charge in [0.2, 0.25) is 0 Å². The number of rotatable bonds is 28. The van der Waals surface area contributed by atoms with Crippen molar-refractivity contribution in [3.63, 3.8) is 0 Å². The molecule has 0 heterocycles. The lowest BCUT2D eigenvalue weighted by Gasteiger charge is -2.21. The number of unbranched alkanes of at least 4 members (excludes halogenated alkanes) is 2. The zero-order valence-electron chi connectivity index (χ0n) is 29.8. The monoisotopic (exact) mass is 758 g/mol. The molecule has 4 amide bonds. The summed E-state index contributed by atoms with van der Waals surface area (Å²) in [4.78, 5) is 92.5. The third-order valence-electron chi connectivity index (χ3n) is 6.61. The molecule has 20 heteroatoms. The van der Waals surface area contributed by atoms with E-state index in [-0.39, 0.29) is 45.5 Å². The van der Waals surface area contributed by atoms with Crippen LogP contribution < -0.4 is 32.7 Å². The van der Waals surface area contributed by atoms with E-state index in [0.29, 0.717) is 45.2 Å². The van der Waals surface area contributed by atoms with Crippen molar-refractivity contribution in [2.24, 2.45) is 11.5 Å². The van der Waals surface area contributed by atoms with Gasteiger partial charge in [0.05, 0.1) is 0 Å². The summed E-state index contributed by atoms with van der Waals surface area (Å²) >= 11 is 0. The van der Waals surface area contributed by atoms with E-state index in [0.717, 1.165) is 0 Å². The van der Waals surface area contributed by atoms with Gasteiger partial charge in [0, 0.05) is 12.8 Å². The fourth-order valence-corrected chi connectivity index (χ4v) is 3.95. The van der Waals surface area contributed by atoms with Crippen LogP contribution in [0.4, 0.5) is 9.59 Å². The molecule has 4 atom stereocenters. The number of carbonyl (C=O) groups is 8. The zero-order chi connectivity index (χ0) is 40.6. The molecule has 0 saturated carbocycles. The topological polar surface area (TPSA) is 325 Å². The van der Waals surface area contributed by atoms with Crippen LogP contribution in [0.3, 0.4) is 0 Å². The third kappa shape index (κ3) is 26.9. The fraction of sp³-hybridized carbons (Fsp3) is 0.576. The van der Waals surface area contributed by atoms with Crippen LogP contribution in [-0.2, 0) is 43.0 Å². The molecule has 0 aromatic carbocycles. The summed E-state index contributed by atoms with van der Waals surface area (Å²) in [6, 6.07) is -6.40. The number of carboxylic acid groups (broad SMARTS) is 3. The van der Waals surface area contributed by atoms with Crippen molar-refractivity contribution in [3.8, 4) is 0 Å². The summed E-state index contributed by atoms with van der Waals surface area (Å²) < 4.78 is 14.8. The van der Waals surface area contributed by atoms with Gasteiger partial charge in [0.15, 0.2) is 0 Å². The van der Waals surface area contributed by atoms with Gasteiger partial charge in [0.1, 0.15) is 44.0 Å². The van der Waals surface area contributed by atoms with Gasteiger partial charge in [-0.25, -0.2) is 28.8 Å². The first-order chi connectivity index (χ1) is 25.2. The molecule has 0 aliphatic carbocycles. The summed E-state index contributed by atoms with van der Waals surface area (Å²) in [7, 11) is 0. The predicted molar refractivity (Wildman–Crippen MR) is 189 cm³/mol. The first-order valence-corrected chi connectivity index (χ1v) is 16.7. The first-order valence-electron chi connectivity index (χ1n) is 16.7. The third-order valence-corrected chi connectivity index (χ3v) is 6.61. The maximum absolute atomic E-state index is 12.4. The highest BCUT2D eigenvalue weighted by atomic mass is 16.5. The molecule has 0 aromatic heterocycles. The molecule has 0 fully saturated rings. The Morgan fingerprint density at radius 3 is 1.28 bits per heavy atom. The molecule has 0 aromatic rings. The lowest BCUT2D eigenvalue weighted by molar-refractivity contribution is -0.146. The average molecular weight is 759 g/mol. The fourth-order valence-electron chi connectivity index (χ4n) is 3.95. The number of hydrogen-bond donors (Lipinski definition) is 9. The minimum atomic E-state index is -1.41. The van der Waals surface area contributed by atoms with Gasteiger partial charge in [0.25, 0.3) is 0 Å². The van der Waals surface area contributed by atoms with Crippen molar-refractivity contribution < 1.29 is 67.9 Å². The zero-order valence-corrected chi connectivity index (χ0v) is 29.8. The maximum Gasteiger partial charge on any atom is 0.329 e. The van der Waals surface area contributed by atoms with Gasteiger partial charge in [-0.1, -0.05) is 38.0 Å². The second-order valence-electron chi connectivity index (χ2n) is 11.0. The maximum atomic E-state index is 12.4. The number of esters is 3. The summed E-state index contributed by atoms with van der Waals surface area (Å²) in [6.07, 6.45) is 6.08. The van der Waals surface area contributed by atoms with Gasteiger partial charge < -0.3 is 62.3 Å². The van der Waals surface area contributed by atoms with Gasteiger partial charge in [-0.2, -0.15) is 0 Å². The number of ether oxygens (including phenoxy) is 3.